The number of aryl methyl sites for hydroxylation is 1. The molecule has 3 rings (SSSR count). The van der Waals surface area contributed by atoms with E-state index in [1.165, 1.54) is 11.1 Å². The second-order valence-corrected chi connectivity index (χ2v) is 5.47. The second-order valence-electron chi connectivity index (χ2n) is 5.47. The van der Waals surface area contributed by atoms with Gasteiger partial charge in [-0.1, -0.05) is 37.3 Å². The maximum atomic E-state index is 12.2. The second kappa shape index (κ2) is 6.00. The molecule has 0 saturated heterocycles. The molecule has 0 aromatic heterocycles. The fourth-order valence-electron chi connectivity index (χ4n) is 2.84. The number of carbonyl (C=O) groups is 1. The minimum atomic E-state index is 0.0757. The SMILES string of the molecule is CCc1cccc(NC(=O)CC2CNc3ccccc32)c1. The van der Waals surface area contributed by atoms with Gasteiger partial charge in [-0.05, 0) is 35.7 Å². The van der Waals surface area contributed by atoms with E-state index in [2.05, 4.69) is 35.8 Å². The standard InChI is InChI=1S/C18H20N2O/c1-2-13-6-5-7-15(10-13)20-18(21)11-14-12-19-17-9-4-3-8-16(14)17/h3-10,14,19H,2,11-12H2,1H3,(H,20,21). The average Bonchev–Trinajstić information content (AvgIpc) is 2.91. The van der Waals surface area contributed by atoms with Crippen LogP contribution in [0.5, 0.6) is 0 Å². The molecule has 1 heterocycles. The summed E-state index contributed by atoms with van der Waals surface area (Å²) in [6.07, 6.45) is 1.49. The van der Waals surface area contributed by atoms with Crippen LogP contribution in [0, 0.1) is 0 Å². The molecule has 2 aromatic rings. The normalized spacial score (nSPS) is 16.1. The lowest BCUT2D eigenvalue weighted by molar-refractivity contribution is -0.116. The van der Waals surface area contributed by atoms with Crippen LogP contribution < -0.4 is 10.6 Å². The number of rotatable bonds is 4. The minimum Gasteiger partial charge on any atom is -0.384 e. The number of hydrogen-bond acceptors (Lipinski definition) is 2. The summed E-state index contributed by atoms with van der Waals surface area (Å²) in [4.78, 5) is 12.2. The molecule has 1 amide bonds. The average molecular weight is 280 g/mol. The number of carbonyl (C=O) groups excluding carboxylic acids is 1. The van der Waals surface area contributed by atoms with Crippen molar-refractivity contribution in [1.29, 1.82) is 0 Å². The Morgan fingerprint density at radius 1 is 1.24 bits per heavy atom. The van der Waals surface area contributed by atoms with Crippen molar-refractivity contribution in [2.75, 3.05) is 17.2 Å². The summed E-state index contributed by atoms with van der Waals surface area (Å²) in [7, 11) is 0. The van der Waals surface area contributed by atoms with Crippen LogP contribution in [0.25, 0.3) is 0 Å². The summed E-state index contributed by atoms with van der Waals surface area (Å²) in [5, 5.41) is 6.37. The summed E-state index contributed by atoms with van der Waals surface area (Å²) < 4.78 is 0. The van der Waals surface area contributed by atoms with Gasteiger partial charge < -0.3 is 10.6 Å². The zero-order valence-electron chi connectivity index (χ0n) is 12.2. The van der Waals surface area contributed by atoms with Crippen LogP contribution in [0.4, 0.5) is 11.4 Å². The number of amides is 1. The maximum absolute atomic E-state index is 12.2. The van der Waals surface area contributed by atoms with Gasteiger partial charge in [-0.15, -0.1) is 0 Å². The number of benzene rings is 2. The molecular weight excluding hydrogens is 260 g/mol. The molecule has 0 saturated carbocycles. The van der Waals surface area contributed by atoms with E-state index in [1.54, 1.807) is 0 Å². The summed E-state index contributed by atoms with van der Waals surface area (Å²) in [5.41, 5.74) is 4.53. The zero-order valence-corrected chi connectivity index (χ0v) is 12.2. The van der Waals surface area contributed by atoms with Gasteiger partial charge in [0.05, 0.1) is 0 Å². The molecule has 3 heteroatoms. The van der Waals surface area contributed by atoms with Crippen molar-refractivity contribution in [2.45, 2.75) is 25.7 Å². The molecule has 1 aliphatic rings. The Labute approximate surface area is 125 Å². The van der Waals surface area contributed by atoms with Crippen LogP contribution in [0.1, 0.15) is 30.4 Å². The quantitative estimate of drug-likeness (QED) is 0.894. The minimum absolute atomic E-state index is 0.0757. The summed E-state index contributed by atoms with van der Waals surface area (Å²) in [6.45, 7) is 2.95. The van der Waals surface area contributed by atoms with E-state index in [0.717, 1.165) is 24.3 Å². The van der Waals surface area contributed by atoms with E-state index in [0.29, 0.717) is 6.42 Å². The number of anilines is 2. The van der Waals surface area contributed by atoms with E-state index in [-0.39, 0.29) is 11.8 Å². The molecule has 0 spiro atoms. The Morgan fingerprint density at radius 2 is 2.10 bits per heavy atom. The third kappa shape index (κ3) is 3.07. The van der Waals surface area contributed by atoms with Crippen LogP contribution in [-0.2, 0) is 11.2 Å². The molecule has 3 nitrogen and oxygen atoms in total. The van der Waals surface area contributed by atoms with Crippen molar-refractivity contribution in [1.82, 2.24) is 0 Å². The molecular formula is C18H20N2O. The van der Waals surface area contributed by atoms with Crippen molar-refractivity contribution >= 4 is 17.3 Å². The van der Waals surface area contributed by atoms with E-state index < -0.39 is 0 Å². The number of fused-ring (bicyclic) bond motifs is 1. The van der Waals surface area contributed by atoms with Gasteiger partial charge in [0.1, 0.15) is 0 Å². The summed E-state index contributed by atoms with van der Waals surface area (Å²) in [5.74, 6) is 0.335. The first-order chi connectivity index (χ1) is 10.3. The predicted octanol–water partition coefficient (Wildman–Crippen LogP) is 3.79. The Bertz CT molecular complexity index is 651. The van der Waals surface area contributed by atoms with Crippen molar-refractivity contribution in [2.24, 2.45) is 0 Å². The van der Waals surface area contributed by atoms with Crippen molar-refractivity contribution in [3.63, 3.8) is 0 Å². The van der Waals surface area contributed by atoms with Crippen LogP contribution >= 0.6 is 0 Å². The fourth-order valence-corrected chi connectivity index (χ4v) is 2.84. The lowest BCUT2D eigenvalue weighted by Gasteiger charge is -2.11. The molecule has 21 heavy (non-hydrogen) atoms. The number of nitrogens with one attached hydrogen (secondary N) is 2. The van der Waals surface area contributed by atoms with E-state index in [4.69, 9.17) is 0 Å². The molecule has 2 N–H and O–H groups in total. The lowest BCUT2D eigenvalue weighted by Crippen LogP contribution is -2.16. The fraction of sp³-hybridized carbons (Fsp3) is 0.278. The van der Waals surface area contributed by atoms with Gasteiger partial charge in [-0.25, -0.2) is 0 Å². The van der Waals surface area contributed by atoms with Crippen molar-refractivity contribution in [3.8, 4) is 0 Å². The molecule has 1 atom stereocenters. The lowest BCUT2D eigenvalue weighted by atomic mass is 9.97. The number of hydrogen-bond donors (Lipinski definition) is 2. The van der Waals surface area contributed by atoms with E-state index in [1.807, 2.05) is 30.3 Å². The third-order valence-corrected chi connectivity index (χ3v) is 3.99. The Morgan fingerprint density at radius 3 is 2.95 bits per heavy atom. The van der Waals surface area contributed by atoms with Crippen LogP contribution in [-0.4, -0.2) is 12.5 Å². The Balaban J connectivity index is 1.65. The van der Waals surface area contributed by atoms with Gasteiger partial charge in [-0.2, -0.15) is 0 Å². The van der Waals surface area contributed by atoms with Crippen LogP contribution in [0.3, 0.4) is 0 Å². The zero-order chi connectivity index (χ0) is 14.7. The molecule has 0 bridgehead atoms. The van der Waals surface area contributed by atoms with E-state index >= 15 is 0 Å². The molecule has 0 aliphatic carbocycles. The van der Waals surface area contributed by atoms with Gasteiger partial charge in [0.25, 0.3) is 0 Å². The largest absolute Gasteiger partial charge is 0.384 e. The molecule has 0 radical (unpaired) electrons. The highest BCUT2D eigenvalue weighted by atomic mass is 16.1. The highest BCUT2D eigenvalue weighted by molar-refractivity contribution is 5.91. The topological polar surface area (TPSA) is 41.1 Å². The summed E-state index contributed by atoms with van der Waals surface area (Å²) >= 11 is 0. The third-order valence-electron chi connectivity index (χ3n) is 3.99. The Hall–Kier alpha value is -2.29. The predicted molar refractivity (Wildman–Crippen MR) is 86.7 cm³/mol. The monoisotopic (exact) mass is 280 g/mol. The van der Waals surface area contributed by atoms with Gasteiger partial charge in [0.2, 0.25) is 5.91 Å². The van der Waals surface area contributed by atoms with Crippen molar-refractivity contribution in [3.05, 3.63) is 59.7 Å². The van der Waals surface area contributed by atoms with E-state index in [9.17, 15) is 4.79 Å². The molecule has 0 fully saturated rings. The first-order valence-corrected chi connectivity index (χ1v) is 7.48. The first-order valence-electron chi connectivity index (χ1n) is 7.48. The molecule has 108 valence electrons. The Kier molecular flexibility index (Phi) is 3.91. The van der Waals surface area contributed by atoms with Crippen LogP contribution in [0.2, 0.25) is 0 Å². The highest BCUT2D eigenvalue weighted by Gasteiger charge is 2.23. The highest BCUT2D eigenvalue weighted by Crippen LogP contribution is 2.33. The van der Waals surface area contributed by atoms with Gasteiger partial charge >= 0.3 is 0 Å². The van der Waals surface area contributed by atoms with Gasteiger partial charge in [0, 0.05) is 30.3 Å². The molecule has 2 aromatic carbocycles. The van der Waals surface area contributed by atoms with Crippen molar-refractivity contribution < 1.29 is 4.79 Å². The smallest absolute Gasteiger partial charge is 0.225 e. The summed E-state index contributed by atoms with van der Waals surface area (Å²) in [6, 6.07) is 16.3. The molecule has 1 aliphatic heterocycles. The maximum Gasteiger partial charge on any atom is 0.225 e. The van der Waals surface area contributed by atoms with Gasteiger partial charge in [-0.3, -0.25) is 4.79 Å². The van der Waals surface area contributed by atoms with Crippen LogP contribution in [0.15, 0.2) is 48.5 Å². The molecule has 1 unspecified atom stereocenters. The number of para-hydroxylation sites is 1. The van der Waals surface area contributed by atoms with Gasteiger partial charge in [0.15, 0.2) is 0 Å². The first kappa shape index (κ1) is 13.7.